The van der Waals surface area contributed by atoms with Gasteiger partial charge in [-0.15, -0.1) is 0 Å². The Morgan fingerprint density at radius 3 is 2.28 bits per heavy atom. The number of carbonyl (C=O) groups excluding carboxylic acids is 3. The van der Waals surface area contributed by atoms with Gasteiger partial charge in [-0.2, -0.15) is 0 Å². The first-order valence-corrected chi connectivity index (χ1v) is 9.47. The van der Waals surface area contributed by atoms with Crippen LogP contribution >= 0.6 is 0 Å². The predicted octanol–water partition coefficient (Wildman–Crippen LogP) is 3.54. The summed E-state index contributed by atoms with van der Waals surface area (Å²) in [7, 11) is 1.55. The SMILES string of the molecule is Cc1cccc(NC(=O)CN(C)C(=O)c2ccccc2NC(=O)NC(C)C)c1C. The Bertz CT molecular complexity index is 909. The molecule has 0 fully saturated rings. The van der Waals surface area contributed by atoms with Crippen LogP contribution in [0.3, 0.4) is 0 Å². The molecule has 0 radical (unpaired) electrons. The second-order valence-electron chi connectivity index (χ2n) is 7.26. The maximum absolute atomic E-state index is 12.9. The lowest BCUT2D eigenvalue weighted by atomic mass is 10.1. The van der Waals surface area contributed by atoms with E-state index in [0.29, 0.717) is 11.3 Å². The van der Waals surface area contributed by atoms with Crippen molar-refractivity contribution in [1.29, 1.82) is 0 Å². The second kappa shape index (κ2) is 9.73. The van der Waals surface area contributed by atoms with Crippen molar-refractivity contribution in [2.45, 2.75) is 33.7 Å². The molecule has 154 valence electrons. The average Bonchev–Trinajstić information content (AvgIpc) is 2.64. The normalized spacial score (nSPS) is 10.4. The number of anilines is 2. The van der Waals surface area contributed by atoms with Crippen molar-refractivity contribution in [3.05, 3.63) is 59.2 Å². The maximum Gasteiger partial charge on any atom is 0.319 e. The first-order chi connectivity index (χ1) is 13.7. The van der Waals surface area contributed by atoms with E-state index in [-0.39, 0.29) is 24.4 Å². The van der Waals surface area contributed by atoms with Crippen LogP contribution in [0.4, 0.5) is 16.2 Å². The third kappa shape index (κ3) is 6.07. The first-order valence-electron chi connectivity index (χ1n) is 9.47. The van der Waals surface area contributed by atoms with Crippen molar-refractivity contribution in [3.8, 4) is 0 Å². The molecule has 0 aliphatic heterocycles. The van der Waals surface area contributed by atoms with Gasteiger partial charge in [-0.1, -0.05) is 24.3 Å². The molecule has 0 aliphatic carbocycles. The smallest absolute Gasteiger partial charge is 0.319 e. The fourth-order valence-corrected chi connectivity index (χ4v) is 2.77. The molecule has 0 aliphatic rings. The molecule has 0 heterocycles. The molecular weight excluding hydrogens is 368 g/mol. The molecule has 7 heteroatoms. The van der Waals surface area contributed by atoms with E-state index in [1.165, 1.54) is 4.90 Å². The van der Waals surface area contributed by atoms with Crippen molar-refractivity contribution in [1.82, 2.24) is 10.2 Å². The van der Waals surface area contributed by atoms with E-state index in [1.807, 2.05) is 45.9 Å². The number of para-hydroxylation sites is 1. The number of nitrogens with zero attached hydrogens (tertiary/aromatic N) is 1. The van der Waals surface area contributed by atoms with E-state index in [0.717, 1.165) is 16.8 Å². The Balaban J connectivity index is 2.07. The van der Waals surface area contributed by atoms with E-state index < -0.39 is 6.03 Å². The van der Waals surface area contributed by atoms with E-state index in [2.05, 4.69) is 16.0 Å². The lowest BCUT2D eigenvalue weighted by Gasteiger charge is -2.20. The summed E-state index contributed by atoms with van der Waals surface area (Å²) in [6.07, 6.45) is 0. The largest absolute Gasteiger partial charge is 0.336 e. The molecule has 29 heavy (non-hydrogen) atoms. The summed E-state index contributed by atoms with van der Waals surface area (Å²) in [5.74, 6) is -0.654. The quantitative estimate of drug-likeness (QED) is 0.697. The third-order valence-corrected chi connectivity index (χ3v) is 4.43. The monoisotopic (exact) mass is 396 g/mol. The van der Waals surface area contributed by atoms with Crippen LogP contribution in [-0.4, -0.2) is 42.4 Å². The lowest BCUT2D eigenvalue weighted by Crippen LogP contribution is -2.37. The molecule has 2 aromatic rings. The Kier molecular flexibility index (Phi) is 7.36. The van der Waals surface area contributed by atoms with Crippen LogP contribution in [-0.2, 0) is 4.79 Å². The summed E-state index contributed by atoms with van der Waals surface area (Å²) in [5, 5.41) is 8.25. The second-order valence-corrected chi connectivity index (χ2v) is 7.26. The van der Waals surface area contributed by atoms with Crippen LogP contribution in [0.1, 0.15) is 35.3 Å². The molecular formula is C22H28N4O3. The number of amides is 4. The molecule has 3 N–H and O–H groups in total. The zero-order valence-corrected chi connectivity index (χ0v) is 17.5. The van der Waals surface area contributed by atoms with Gasteiger partial charge in [-0.3, -0.25) is 9.59 Å². The average molecular weight is 396 g/mol. The summed E-state index contributed by atoms with van der Waals surface area (Å²) in [5.41, 5.74) is 3.49. The van der Waals surface area contributed by atoms with Crippen LogP contribution in [0, 0.1) is 13.8 Å². The molecule has 2 aromatic carbocycles. The fraction of sp³-hybridized carbons (Fsp3) is 0.318. The molecule has 4 amide bonds. The first kappa shape index (κ1) is 21.9. The fourth-order valence-electron chi connectivity index (χ4n) is 2.77. The van der Waals surface area contributed by atoms with Crippen molar-refractivity contribution in [2.75, 3.05) is 24.2 Å². The number of rotatable bonds is 6. The Labute approximate surface area is 171 Å². The highest BCUT2D eigenvalue weighted by Crippen LogP contribution is 2.19. The van der Waals surface area contributed by atoms with Gasteiger partial charge in [0.25, 0.3) is 5.91 Å². The molecule has 0 saturated heterocycles. The van der Waals surface area contributed by atoms with Gasteiger partial charge in [-0.25, -0.2) is 4.79 Å². The van der Waals surface area contributed by atoms with E-state index in [4.69, 9.17) is 0 Å². The third-order valence-electron chi connectivity index (χ3n) is 4.43. The van der Waals surface area contributed by atoms with Crippen molar-refractivity contribution in [2.24, 2.45) is 0 Å². The number of nitrogens with one attached hydrogen (secondary N) is 3. The predicted molar refractivity (Wildman–Crippen MR) is 115 cm³/mol. The standard InChI is InChI=1S/C22H28N4O3/c1-14(2)23-22(29)25-19-11-7-6-10-17(19)21(28)26(5)13-20(27)24-18-12-8-9-15(3)16(18)4/h6-12,14H,13H2,1-5H3,(H,24,27)(H2,23,25,29). The molecule has 0 aromatic heterocycles. The zero-order chi connectivity index (χ0) is 21.6. The Morgan fingerprint density at radius 2 is 1.59 bits per heavy atom. The number of hydrogen-bond donors (Lipinski definition) is 3. The lowest BCUT2D eigenvalue weighted by molar-refractivity contribution is -0.116. The topological polar surface area (TPSA) is 90.5 Å². The van der Waals surface area contributed by atoms with Gasteiger partial charge in [0.15, 0.2) is 0 Å². The number of aryl methyl sites for hydroxylation is 1. The zero-order valence-electron chi connectivity index (χ0n) is 17.5. The van der Waals surface area contributed by atoms with Gasteiger partial charge in [0.1, 0.15) is 0 Å². The summed E-state index contributed by atoms with van der Waals surface area (Å²) in [6.45, 7) is 7.49. The number of likely N-dealkylation sites (N-methyl/N-ethyl adjacent to an activating group) is 1. The highest BCUT2D eigenvalue weighted by Gasteiger charge is 2.19. The van der Waals surface area contributed by atoms with Gasteiger partial charge >= 0.3 is 6.03 Å². The van der Waals surface area contributed by atoms with Gasteiger partial charge in [0.05, 0.1) is 17.8 Å². The molecule has 7 nitrogen and oxygen atoms in total. The van der Waals surface area contributed by atoms with Crippen LogP contribution in [0.5, 0.6) is 0 Å². The summed E-state index contributed by atoms with van der Waals surface area (Å²) >= 11 is 0. The summed E-state index contributed by atoms with van der Waals surface area (Å²) < 4.78 is 0. The molecule has 0 unspecified atom stereocenters. The van der Waals surface area contributed by atoms with Crippen LogP contribution < -0.4 is 16.0 Å². The molecule has 2 rings (SSSR count). The van der Waals surface area contributed by atoms with Crippen molar-refractivity contribution < 1.29 is 14.4 Å². The minimum absolute atomic E-state index is 0.0330. The highest BCUT2D eigenvalue weighted by molar-refractivity contribution is 6.05. The van der Waals surface area contributed by atoms with Crippen molar-refractivity contribution >= 4 is 29.2 Å². The number of urea groups is 1. The summed E-state index contributed by atoms with van der Waals surface area (Å²) in [6, 6.07) is 12.0. The molecule has 0 spiro atoms. The van der Waals surface area contributed by atoms with E-state index in [1.54, 1.807) is 31.3 Å². The van der Waals surface area contributed by atoms with Gasteiger partial charge in [0.2, 0.25) is 5.91 Å². The Hall–Kier alpha value is -3.35. The highest BCUT2D eigenvalue weighted by atomic mass is 16.2. The molecule has 0 atom stereocenters. The van der Waals surface area contributed by atoms with Gasteiger partial charge in [0, 0.05) is 18.8 Å². The van der Waals surface area contributed by atoms with Crippen LogP contribution in [0.25, 0.3) is 0 Å². The Morgan fingerprint density at radius 1 is 0.931 bits per heavy atom. The van der Waals surface area contributed by atoms with Crippen molar-refractivity contribution in [3.63, 3.8) is 0 Å². The molecule has 0 saturated carbocycles. The van der Waals surface area contributed by atoms with Crippen LogP contribution in [0.2, 0.25) is 0 Å². The van der Waals surface area contributed by atoms with Gasteiger partial charge < -0.3 is 20.9 Å². The number of hydrogen-bond acceptors (Lipinski definition) is 3. The van der Waals surface area contributed by atoms with E-state index >= 15 is 0 Å². The number of benzene rings is 2. The van der Waals surface area contributed by atoms with Crippen LogP contribution in [0.15, 0.2) is 42.5 Å². The number of carbonyl (C=O) groups is 3. The van der Waals surface area contributed by atoms with E-state index in [9.17, 15) is 14.4 Å². The van der Waals surface area contributed by atoms with Gasteiger partial charge in [-0.05, 0) is 57.0 Å². The summed E-state index contributed by atoms with van der Waals surface area (Å²) in [4.78, 5) is 38.6. The maximum atomic E-state index is 12.9. The minimum atomic E-state index is -0.393. The minimum Gasteiger partial charge on any atom is -0.336 e. The molecule has 0 bridgehead atoms.